The van der Waals surface area contributed by atoms with Crippen molar-refractivity contribution in [3.8, 4) is 0 Å². The summed E-state index contributed by atoms with van der Waals surface area (Å²) in [6.45, 7) is 5.78. The number of hydrogen-bond acceptors (Lipinski definition) is 3. The summed E-state index contributed by atoms with van der Waals surface area (Å²) in [5.41, 5.74) is 7.81. The van der Waals surface area contributed by atoms with E-state index in [-0.39, 0.29) is 24.4 Å². The van der Waals surface area contributed by atoms with E-state index in [9.17, 15) is 4.79 Å². The van der Waals surface area contributed by atoms with Gasteiger partial charge in [0.15, 0.2) is 0 Å². The number of carbonyl (C=O) groups excluding carboxylic acids is 1. The van der Waals surface area contributed by atoms with E-state index in [0.29, 0.717) is 19.6 Å². The molecule has 0 aliphatic heterocycles. The van der Waals surface area contributed by atoms with Crippen LogP contribution in [0.3, 0.4) is 0 Å². The van der Waals surface area contributed by atoms with E-state index in [1.807, 2.05) is 31.2 Å². The van der Waals surface area contributed by atoms with Crippen molar-refractivity contribution in [3.05, 3.63) is 35.4 Å². The van der Waals surface area contributed by atoms with Gasteiger partial charge in [0.05, 0.1) is 6.61 Å². The third-order valence-corrected chi connectivity index (χ3v) is 2.71. The Morgan fingerprint density at radius 1 is 1.35 bits per heavy atom. The second kappa shape index (κ2) is 10.7. The molecule has 0 aliphatic carbocycles. The Hall–Kier alpha value is -1.10. The number of benzene rings is 1. The molecule has 1 aromatic carbocycles. The van der Waals surface area contributed by atoms with Gasteiger partial charge in [-0.3, -0.25) is 4.79 Å². The van der Waals surface area contributed by atoms with E-state index < -0.39 is 0 Å². The maximum Gasteiger partial charge on any atom is 0.221 e. The van der Waals surface area contributed by atoms with Crippen LogP contribution in [0.2, 0.25) is 0 Å². The maximum atomic E-state index is 11.6. The predicted molar refractivity (Wildman–Crippen MR) is 83.8 cm³/mol. The van der Waals surface area contributed by atoms with Crippen molar-refractivity contribution in [2.75, 3.05) is 6.61 Å². The summed E-state index contributed by atoms with van der Waals surface area (Å²) < 4.78 is 5.55. The highest BCUT2D eigenvalue weighted by Gasteiger charge is 2.06. The lowest BCUT2D eigenvalue weighted by Crippen LogP contribution is -2.29. The Labute approximate surface area is 127 Å². The third-order valence-electron chi connectivity index (χ3n) is 2.71. The molecule has 0 saturated carbocycles. The lowest BCUT2D eigenvalue weighted by Gasteiger charge is -2.11. The van der Waals surface area contributed by atoms with Crippen LogP contribution < -0.4 is 11.1 Å². The Morgan fingerprint density at radius 2 is 2.00 bits per heavy atom. The van der Waals surface area contributed by atoms with Crippen molar-refractivity contribution in [3.63, 3.8) is 0 Å². The quantitative estimate of drug-likeness (QED) is 0.725. The molecular formula is C15H25ClN2O2. The molecule has 1 aromatic rings. The number of halogens is 1. The van der Waals surface area contributed by atoms with Gasteiger partial charge in [0.25, 0.3) is 0 Å². The highest BCUT2D eigenvalue weighted by Crippen LogP contribution is 2.10. The maximum absolute atomic E-state index is 11.6. The minimum absolute atomic E-state index is 0. The zero-order valence-corrected chi connectivity index (χ0v) is 13.0. The first-order valence-corrected chi connectivity index (χ1v) is 6.80. The van der Waals surface area contributed by atoms with Crippen LogP contribution in [0.4, 0.5) is 0 Å². The average molecular weight is 301 g/mol. The van der Waals surface area contributed by atoms with Gasteiger partial charge in [0, 0.05) is 25.6 Å². The Morgan fingerprint density at radius 3 is 2.60 bits per heavy atom. The normalized spacial score (nSPS) is 11.6. The molecule has 0 fully saturated rings. The summed E-state index contributed by atoms with van der Waals surface area (Å²) in [6, 6.07) is 7.89. The molecule has 0 saturated heterocycles. The first-order chi connectivity index (χ1) is 9.13. The zero-order chi connectivity index (χ0) is 14.1. The van der Waals surface area contributed by atoms with Crippen LogP contribution in [0, 0.1) is 0 Å². The second-order valence-corrected chi connectivity index (χ2v) is 4.78. The van der Waals surface area contributed by atoms with E-state index in [1.54, 1.807) is 0 Å². The van der Waals surface area contributed by atoms with Gasteiger partial charge in [-0.15, -0.1) is 12.4 Å². The summed E-state index contributed by atoms with van der Waals surface area (Å²) in [5.74, 6) is -0.0146. The van der Waals surface area contributed by atoms with Gasteiger partial charge in [0.2, 0.25) is 5.91 Å². The minimum atomic E-state index is -0.108. The van der Waals surface area contributed by atoms with Gasteiger partial charge in [-0.1, -0.05) is 31.2 Å². The fourth-order valence-corrected chi connectivity index (χ4v) is 1.76. The average Bonchev–Trinajstić information content (AvgIpc) is 2.37. The molecule has 4 nitrogen and oxygen atoms in total. The number of nitrogens with one attached hydrogen (secondary N) is 1. The van der Waals surface area contributed by atoms with Gasteiger partial charge in [-0.2, -0.15) is 0 Å². The first-order valence-electron chi connectivity index (χ1n) is 6.80. The predicted octanol–water partition coefficient (Wildman–Crippen LogP) is 2.39. The molecule has 0 bridgehead atoms. The molecule has 0 aromatic heterocycles. The number of hydrogen-bond donors (Lipinski definition) is 2. The van der Waals surface area contributed by atoms with Gasteiger partial charge in [0.1, 0.15) is 0 Å². The summed E-state index contributed by atoms with van der Waals surface area (Å²) in [5, 5.41) is 2.89. The topological polar surface area (TPSA) is 64.3 Å². The van der Waals surface area contributed by atoms with Crippen molar-refractivity contribution in [1.29, 1.82) is 0 Å². The fraction of sp³-hybridized carbons (Fsp3) is 0.533. The summed E-state index contributed by atoms with van der Waals surface area (Å²) in [4.78, 5) is 11.6. The molecule has 1 atom stereocenters. The molecule has 0 heterocycles. The van der Waals surface area contributed by atoms with E-state index in [0.717, 1.165) is 24.2 Å². The molecule has 1 rings (SSSR count). The van der Waals surface area contributed by atoms with Crippen molar-refractivity contribution in [2.24, 2.45) is 5.73 Å². The van der Waals surface area contributed by atoms with Crippen molar-refractivity contribution in [1.82, 2.24) is 5.32 Å². The van der Waals surface area contributed by atoms with E-state index in [4.69, 9.17) is 10.5 Å². The zero-order valence-electron chi connectivity index (χ0n) is 12.2. The molecule has 1 unspecified atom stereocenters. The van der Waals surface area contributed by atoms with E-state index >= 15 is 0 Å². The Balaban J connectivity index is 0.00000361. The lowest BCUT2D eigenvalue weighted by atomic mass is 10.1. The molecule has 3 N–H and O–H groups in total. The van der Waals surface area contributed by atoms with Crippen molar-refractivity contribution < 1.29 is 9.53 Å². The van der Waals surface area contributed by atoms with Crippen molar-refractivity contribution in [2.45, 2.75) is 45.9 Å². The largest absolute Gasteiger partial charge is 0.377 e. The van der Waals surface area contributed by atoms with Crippen LogP contribution in [-0.4, -0.2) is 18.6 Å². The Bertz CT molecular complexity index is 397. The van der Waals surface area contributed by atoms with Gasteiger partial charge >= 0.3 is 0 Å². The second-order valence-electron chi connectivity index (χ2n) is 4.78. The van der Waals surface area contributed by atoms with E-state index in [1.165, 1.54) is 0 Å². The Kier molecular flexibility index (Phi) is 10.1. The SMILES string of the molecule is CCCOCc1ccccc1CNC(=O)CC(C)N.Cl. The lowest BCUT2D eigenvalue weighted by molar-refractivity contribution is -0.121. The molecular weight excluding hydrogens is 276 g/mol. The standard InChI is InChI=1S/C15H24N2O2.ClH/c1-3-8-19-11-14-7-5-4-6-13(14)10-17-15(18)9-12(2)16;/h4-7,12H,3,8-11,16H2,1-2H3,(H,17,18);1H. The van der Waals surface area contributed by atoms with Crippen molar-refractivity contribution >= 4 is 18.3 Å². The highest BCUT2D eigenvalue weighted by atomic mass is 35.5. The highest BCUT2D eigenvalue weighted by molar-refractivity contribution is 5.85. The van der Waals surface area contributed by atoms with Gasteiger partial charge < -0.3 is 15.8 Å². The summed E-state index contributed by atoms with van der Waals surface area (Å²) in [7, 11) is 0. The summed E-state index contributed by atoms with van der Waals surface area (Å²) >= 11 is 0. The summed E-state index contributed by atoms with van der Waals surface area (Å²) in [6.07, 6.45) is 1.36. The third kappa shape index (κ3) is 7.48. The smallest absolute Gasteiger partial charge is 0.221 e. The number of ether oxygens (including phenoxy) is 1. The fourth-order valence-electron chi connectivity index (χ4n) is 1.76. The first kappa shape index (κ1) is 18.9. The number of amides is 1. The van der Waals surface area contributed by atoms with Crippen LogP contribution >= 0.6 is 12.4 Å². The van der Waals surface area contributed by atoms with Crippen LogP contribution in [0.1, 0.15) is 37.8 Å². The number of carbonyl (C=O) groups is 1. The molecule has 0 radical (unpaired) electrons. The monoisotopic (exact) mass is 300 g/mol. The molecule has 114 valence electrons. The van der Waals surface area contributed by atoms with Gasteiger partial charge in [-0.05, 0) is 24.5 Å². The van der Waals surface area contributed by atoms with Crippen LogP contribution in [0.25, 0.3) is 0 Å². The van der Waals surface area contributed by atoms with Gasteiger partial charge in [-0.25, -0.2) is 0 Å². The van der Waals surface area contributed by atoms with E-state index in [2.05, 4.69) is 12.2 Å². The number of nitrogens with two attached hydrogens (primary N) is 1. The molecule has 1 amide bonds. The molecule has 0 spiro atoms. The molecule has 0 aliphatic rings. The van der Waals surface area contributed by atoms with Crippen LogP contribution in [-0.2, 0) is 22.7 Å². The minimum Gasteiger partial charge on any atom is -0.377 e. The molecule has 5 heteroatoms. The van der Waals surface area contributed by atoms with Crippen LogP contribution in [0.5, 0.6) is 0 Å². The van der Waals surface area contributed by atoms with Crippen LogP contribution in [0.15, 0.2) is 24.3 Å². The molecule has 20 heavy (non-hydrogen) atoms. The number of rotatable bonds is 8.